The first-order valence-electron chi connectivity index (χ1n) is 9.97. The lowest BCUT2D eigenvalue weighted by Gasteiger charge is -2.32. The summed E-state index contributed by atoms with van der Waals surface area (Å²) in [4.78, 5) is 18.3. The van der Waals surface area contributed by atoms with E-state index in [1.54, 1.807) is 18.3 Å². The number of carbonyl (C=O) groups is 1. The van der Waals surface area contributed by atoms with E-state index in [-0.39, 0.29) is 17.7 Å². The summed E-state index contributed by atoms with van der Waals surface area (Å²) in [5, 5.41) is 6.87. The van der Waals surface area contributed by atoms with Gasteiger partial charge in [0.25, 0.3) is 0 Å². The fourth-order valence-electron chi connectivity index (χ4n) is 2.86. The average Bonchev–Trinajstić information content (AvgIpc) is 3.20. The molecule has 1 aliphatic heterocycles. The lowest BCUT2D eigenvalue weighted by atomic mass is 10.1. The Morgan fingerprint density at radius 1 is 1.39 bits per heavy atom. The van der Waals surface area contributed by atoms with E-state index in [4.69, 9.17) is 18.9 Å². The van der Waals surface area contributed by atoms with E-state index >= 15 is 0 Å². The third kappa shape index (κ3) is 7.42. The molecule has 1 amide bonds. The Kier molecular flexibility index (Phi) is 8.63. The average molecular weight is 395 g/mol. The second-order valence-electron chi connectivity index (χ2n) is 7.49. The van der Waals surface area contributed by atoms with E-state index in [0.29, 0.717) is 32.8 Å². The van der Waals surface area contributed by atoms with Crippen molar-refractivity contribution < 1.29 is 18.7 Å². The van der Waals surface area contributed by atoms with Crippen LogP contribution in [0, 0.1) is 0 Å². The van der Waals surface area contributed by atoms with Gasteiger partial charge in [-0.15, -0.1) is 0 Å². The number of hydrogen-bond donors (Lipinski definition) is 2. The van der Waals surface area contributed by atoms with Crippen molar-refractivity contribution >= 4 is 12.1 Å². The zero-order valence-electron chi connectivity index (χ0n) is 17.5. The van der Waals surface area contributed by atoms with Crippen molar-refractivity contribution in [3.63, 3.8) is 0 Å². The molecule has 0 atom stereocenters. The van der Waals surface area contributed by atoms with Gasteiger partial charge < -0.3 is 29.4 Å². The molecule has 1 saturated heterocycles. The summed E-state index contributed by atoms with van der Waals surface area (Å²) in [5.74, 6) is 1.69. The lowest BCUT2D eigenvalue weighted by molar-refractivity contribution is 0.0310. The number of aliphatic imine (C=N–C) groups is 1. The van der Waals surface area contributed by atoms with Gasteiger partial charge in [-0.05, 0) is 45.7 Å². The number of carbonyl (C=O) groups excluding carboxylic acids is 1. The Balaban J connectivity index is 1.87. The molecule has 28 heavy (non-hydrogen) atoms. The van der Waals surface area contributed by atoms with Crippen molar-refractivity contribution in [3.05, 3.63) is 24.2 Å². The Labute approximate surface area is 167 Å². The molecule has 0 aromatic carbocycles. The Hall–Kier alpha value is -2.22. The molecule has 0 saturated carbocycles. The highest BCUT2D eigenvalue weighted by Gasteiger charge is 2.24. The zero-order valence-corrected chi connectivity index (χ0v) is 17.5. The molecule has 0 spiro atoms. The number of methoxy groups -OCH3 is 1. The molecular weight excluding hydrogens is 360 g/mol. The second kappa shape index (κ2) is 10.9. The standard InChI is InChI=1S/C20H34N4O4/c1-5-27-19(25)24-12-9-16(10-13-24)23-18(22-15-20(2,3)26-4)21-11-8-17-7-6-14-28-17/h6-7,14,16H,5,8-13,15H2,1-4H3,(H2,21,22,23). The molecule has 0 radical (unpaired) electrons. The highest BCUT2D eigenvalue weighted by molar-refractivity contribution is 5.80. The van der Waals surface area contributed by atoms with Gasteiger partial charge in [0.2, 0.25) is 0 Å². The van der Waals surface area contributed by atoms with Crippen molar-refractivity contribution in [3.8, 4) is 0 Å². The van der Waals surface area contributed by atoms with E-state index in [9.17, 15) is 4.79 Å². The molecular formula is C20H34N4O4. The first kappa shape index (κ1) is 22.1. The van der Waals surface area contributed by atoms with Crippen LogP contribution in [0.15, 0.2) is 27.8 Å². The van der Waals surface area contributed by atoms with Crippen molar-refractivity contribution in [2.45, 2.75) is 51.7 Å². The van der Waals surface area contributed by atoms with Gasteiger partial charge >= 0.3 is 6.09 Å². The van der Waals surface area contributed by atoms with E-state index in [2.05, 4.69) is 10.6 Å². The van der Waals surface area contributed by atoms with Crippen LogP contribution in [0.2, 0.25) is 0 Å². The Bertz CT molecular complexity index is 608. The van der Waals surface area contributed by atoms with Gasteiger partial charge in [-0.2, -0.15) is 0 Å². The molecule has 1 fully saturated rings. The van der Waals surface area contributed by atoms with Gasteiger partial charge in [0.15, 0.2) is 5.96 Å². The molecule has 1 aromatic rings. The maximum atomic E-state index is 11.9. The minimum absolute atomic E-state index is 0.228. The third-order valence-electron chi connectivity index (χ3n) is 4.78. The van der Waals surface area contributed by atoms with Crippen LogP contribution < -0.4 is 10.6 Å². The van der Waals surface area contributed by atoms with Gasteiger partial charge in [0.05, 0.1) is 25.0 Å². The van der Waals surface area contributed by atoms with Crippen molar-refractivity contribution in [2.75, 3.05) is 39.9 Å². The van der Waals surface area contributed by atoms with Crippen molar-refractivity contribution in [1.29, 1.82) is 0 Å². The van der Waals surface area contributed by atoms with Crippen LogP contribution in [0.1, 0.15) is 39.4 Å². The monoisotopic (exact) mass is 394 g/mol. The number of likely N-dealkylation sites (tertiary alicyclic amines) is 1. The maximum absolute atomic E-state index is 11.9. The van der Waals surface area contributed by atoms with Gasteiger partial charge in [-0.25, -0.2) is 4.79 Å². The molecule has 0 unspecified atom stereocenters. The van der Waals surface area contributed by atoms with Gasteiger partial charge in [0.1, 0.15) is 5.76 Å². The molecule has 0 aliphatic carbocycles. The number of furan rings is 1. The number of ether oxygens (including phenoxy) is 2. The first-order chi connectivity index (χ1) is 13.4. The fourth-order valence-corrected chi connectivity index (χ4v) is 2.86. The molecule has 2 heterocycles. The Morgan fingerprint density at radius 3 is 2.75 bits per heavy atom. The summed E-state index contributed by atoms with van der Waals surface area (Å²) >= 11 is 0. The molecule has 2 N–H and O–H groups in total. The molecule has 1 aliphatic rings. The molecule has 8 nitrogen and oxygen atoms in total. The maximum Gasteiger partial charge on any atom is 0.409 e. The lowest BCUT2D eigenvalue weighted by Crippen LogP contribution is -2.50. The number of rotatable bonds is 8. The van der Waals surface area contributed by atoms with Crippen molar-refractivity contribution in [1.82, 2.24) is 15.5 Å². The molecule has 2 rings (SSSR count). The Morgan fingerprint density at radius 2 is 2.14 bits per heavy atom. The number of nitrogens with zero attached hydrogens (tertiary/aromatic N) is 2. The van der Waals surface area contributed by atoms with Crippen molar-refractivity contribution in [2.24, 2.45) is 4.99 Å². The van der Waals surface area contributed by atoms with Gasteiger partial charge in [0, 0.05) is 39.2 Å². The molecule has 8 heteroatoms. The fraction of sp³-hybridized carbons (Fsp3) is 0.700. The minimum Gasteiger partial charge on any atom is -0.469 e. The SMILES string of the molecule is CCOC(=O)N1CCC(NC(=NCC(C)(C)OC)NCCc2ccco2)CC1. The summed E-state index contributed by atoms with van der Waals surface area (Å²) in [5.41, 5.74) is -0.330. The van der Waals surface area contributed by atoms with E-state index in [1.165, 1.54) is 0 Å². The number of amides is 1. The highest BCUT2D eigenvalue weighted by atomic mass is 16.6. The number of piperidine rings is 1. The predicted molar refractivity (Wildman–Crippen MR) is 109 cm³/mol. The van der Waals surface area contributed by atoms with E-state index in [1.807, 2.05) is 32.9 Å². The van der Waals surface area contributed by atoms with Crippen LogP contribution in [0.25, 0.3) is 0 Å². The normalized spacial score (nSPS) is 16.1. The van der Waals surface area contributed by atoms with Crippen LogP contribution in [0.3, 0.4) is 0 Å². The number of nitrogens with one attached hydrogen (secondary N) is 2. The summed E-state index contributed by atoms with van der Waals surface area (Å²) in [7, 11) is 1.69. The molecule has 1 aromatic heterocycles. The topological polar surface area (TPSA) is 88.3 Å². The van der Waals surface area contributed by atoms with Crippen LogP contribution in [-0.2, 0) is 15.9 Å². The summed E-state index contributed by atoms with van der Waals surface area (Å²) in [6.45, 7) is 8.87. The third-order valence-corrected chi connectivity index (χ3v) is 4.78. The quantitative estimate of drug-likeness (QED) is 0.520. The predicted octanol–water partition coefficient (Wildman–Crippen LogP) is 2.40. The van der Waals surface area contributed by atoms with E-state index < -0.39 is 0 Å². The van der Waals surface area contributed by atoms with Crippen LogP contribution in [-0.4, -0.2) is 68.5 Å². The van der Waals surface area contributed by atoms with Crippen LogP contribution in [0.5, 0.6) is 0 Å². The molecule has 158 valence electrons. The van der Waals surface area contributed by atoms with Crippen LogP contribution in [0.4, 0.5) is 4.79 Å². The second-order valence-corrected chi connectivity index (χ2v) is 7.49. The number of hydrogen-bond acceptors (Lipinski definition) is 5. The van der Waals surface area contributed by atoms with Crippen LogP contribution >= 0.6 is 0 Å². The van der Waals surface area contributed by atoms with Gasteiger partial charge in [-0.3, -0.25) is 4.99 Å². The molecule has 0 bridgehead atoms. The van der Waals surface area contributed by atoms with E-state index in [0.717, 1.165) is 31.0 Å². The first-order valence-corrected chi connectivity index (χ1v) is 9.97. The smallest absolute Gasteiger partial charge is 0.409 e. The highest BCUT2D eigenvalue weighted by Crippen LogP contribution is 2.12. The summed E-state index contributed by atoms with van der Waals surface area (Å²) in [6.07, 6.45) is 3.94. The zero-order chi connectivity index (χ0) is 20.4. The van der Waals surface area contributed by atoms with Gasteiger partial charge in [-0.1, -0.05) is 0 Å². The summed E-state index contributed by atoms with van der Waals surface area (Å²) < 4.78 is 15.9. The largest absolute Gasteiger partial charge is 0.469 e. The summed E-state index contributed by atoms with van der Waals surface area (Å²) in [6, 6.07) is 4.11. The number of guanidine groups is 1. The minimum atomic E-state index is -0.330.